The fourth-order valence-electron chi connectivity index (χ4n) is 4.20. The van der Waals surface area contributed by atoms with Crippen molar-refractivity contribution in [2.75, 3.05) is 11.9 Å². The number of Topliss-reactive ketones (excluding diaryl/α,β-unsaturated/α-hetero) is 1. The molecule has 1 aliphatic rings. The Kier molecular flexibility index (Phi) is 8.26. The second kappa shape index (κ2) is 11.6. The van der Waals surface area contributed by atoms with Gasteiger partial charge in [0.05, 0.1) is 28.1 Å². The van der Waals surface area contributed by atoms with Gasteiger partial charge in [-0.05, 0) is 67.1 Å². The minimum atomic E-state index is -1.04. The Morgan fingerprint density at radius 3 is 2.37 bits per heavy atom. The van der Waals surface area contributed by atoms with Gasteiger partial charge in [0, 0.05) is 18.7 Å². The molecule has 2 aromatic carbocycles. The molecule has 1 aliphatic carbocycles. The molecule has 3 aromatic rings. The lowest BCUT2D eigenvalue weighted by Crippen LogP contribution is -2.38. The Balaban J connectivity index is 1.25. The third-order valence-electron chi connectivity index (χ3n) is 6.17. The number of hydrogen-bond donors (Lipinski definition) is 2. The van der Waals surface area contributed by atoms with Crippen molar-refractivity contribution < 1.29 is 19.4 Å². The zero-order valence-corrected chi connectivity index (χ0v) is 20.5. The van der Waals surface area contributed by atoms with Gasteiger partial charge in [-0.1, -0.05) is 47.5 Å². The fraction of sp³-hybridized carbons (Fsp3) is 0.296. The highest BCUT2D eigenvalue weighted by Gasteiger charge is 2.30. The van der Waals surface area contributed by atoms with Crippen LogP contribution in [0.1, 0.15) is 35.2 Å². The maximum absolute atomic E-state index is 12.7. The number of halogens is 2. The summed E-state index contributed by atoms with van der Waals surface area (Å²) in [4.78, 5) is 28.8. The number of rotatable bonds is 11. The minimum absolute atomic E-state index is 0.166. The Bertz CT molecular complexity index is 1150. The summed E-state index contributed by atoms with van der Waals surface area (Å²) in [6.45, 7) is 0.630. The summed E-state index contributed by atoms with van der Waals surface area (Å²) in [5, 5.41) is 13.5. The average molecular weight is 513 g/mol. The predicted molar refractivity (Wildman–Crippen MR) is 137 cm³/mol. The van der Waals surface area contributed by atoms with E-state index in [0.29, 0.717) is 18.6 Å². The molecule has 6 nitrogen and oxygen atoms in total. The highest BCUT2D eigenvalue weighted by atomic mass is 35.5. The first-order valence-corrected chi connectivity index (χ1v) is 12.2. The summed E-state index contributed by atoms with van der Waals surface area (Å²) < 4.78 is 5.92. The smallest absolute Gasteiger partial charge is 0.307 e. The number of ketones is 1. The summed E-state index contributed by atoms with van der Waals surface area (Å²) in [5.41, 5.74) is 0.977. The molecule has 0 spiro atoms. The molecule has 0 aliphatic heterocycles. The molecule has 1 saturated carbocycles. The van der Waals surface area contributed by atoms with E-state index >= 15 is 0 Å². The molecule has 0 saturated heterocycles. The molecule has 4 rings (SSSR count). The van der Waals surface area contributed by atoms with Gasteiger partial charge in [0.15, 0.2) is 5.78 Å². The molecule has 2 N–H and O–H groups in total. The zero-order chi connectivity index (χ0) is 24.8. The largest absolute Gasteiger partial charge is 0.493 e. The van der Waals surface area contributed by atoms with E-state index in [-0.39, 0.29) is 34.2 Å². The maximum atomic E-state index is 12.7. The molecule has 8 heteroatoms. The molecule has 182 valence electrons. The number of aliphatic carboxylic acids is 1. The Morgan fingerprint density at radius 1 is 1.03 bits per heavy atom. The van der Waals surface area contributed by atoms with Crippen molar-refractivity contribution in [2.24, 2.45) is 11.8 Å². The molecule has 0 amide bonds. The molecule has 0 radical (unpaired) electrons. The number of ether oxygens (including phenoxy) is 1. The number of aromatic nitrogens is 1. The van der Waals surface area contributed by atoms with Crippen LogP contribution in [0, 0.1) is 11.8 Å². The maximum Gasteiger partial charge on any atom is 0.307 e. The highest BCUT2D eigenvalue weighted by Crippen LogP contribution is 2.31. The molecule has 35 heavy (non-hydrogen) atoms. The van der Waals surface area contributed by atoms with E-state index in [4.69, 9.17) is 27.9 Å². The van der Waals surface area contributed by atoms with Crippen LogP contribution in [-0.4, -0.2) is 34.5 Å². The van der Waals surface area contributed by atoms with Gasteiger partial charge in [-0.3, -0.25) is 9.59 Å². The average Bonchev–Trinajstić information content (AvgIpc) is 2.81. The third-order valence-corrected chi connectivity index (χ3v) is 6.80. The normalized spacial score (nSPS) is 17.8. The van der Waals surface area contributed by atoms with Gasteiger partial charge in [0.1, 0.15) is 11.6 Å². The van der Waals surface area contributed by atoms with Crippen LogP contribution in [-0.2, 0) is 11.2 Å². The lowest BCUT2D eigenvalue weighted by molar-refractivity contribution is -0.141. The standard InChI is InChI=1S/C27H26Cl2N2O4/c28-22-4-3-5-23(29)26(22)24(32)15-19(27(33)34)12-17-7-9-21(10-8-17)35-16-18-13-20(14-18)31-25-6-1-2-11-30-25/h1-11,18-20H,12-16H2,(H,30,31)(H,33,34)/t18?,19-,20?/m1/s1. The predicted octanol–water partition coefficient (Wildman–Crippen LogP) is 6.17. The molecule has 0 bridgehead atoms. The van der Waals surface area contributed by atoms with Crippen LogP contribution in [0.15, 0.2) is 66.9 Å². The second-order valence-corrected chi connectivity index (χ2v) is 9.63. The van der Waals surface area contributed by atoms with Crippen LogP contribution in [0.3, 0.4) is 0 Å². The molecular formula is C27H26Cl2N2O4. The van der Waals surface area contributed by atoms with Gasteiger partial charge in [0.25, 0.3) is 0 Å². The fourth-order valence-corrected chi connectivity index (χ4v) is 4.81. The Labute approximate surface area is 214 Å². The van der Waals surface area contributed by atoms with E-state index < -0.39 is 11.9 Å². The van der Waals surface area contributed by atoms with Crippen LogP contribution in [0.2, 0.25) is 10.0 Å². The summed E-state index contributed by atoms with van der Waals surface area (Å²) in [5.74, 6) is -0.204. The van der Waals surface area contributed by atoms with Crippen molar-refractivity contribution in [1.82, 2.24) is 4.98 Å². The number of nitrogens with one attached hydrogen (secondary N) is 1. The topological polar surface area (TPSA) is 88.5 Å². The van der Waals surface area contributed by atoms with Crippen molar-refractivity contribution in [3.63, 3.8) is 0 Å². The van der Waals surface area contributed by atoms with E-state index in [0.717, 1.165) is 30.0 Å². The summed E-state index contributed by atoms with van der Waals surface area (Å²) in [6, 6.07) is 18.4. The summed E-state index contributed by atoms with van der Waals surface area (Å²) in [7, 11) is 0. The Morgan fingerprint density at radius 2 is 1.74 bits per heavy atom. The number of carbonyl (C=O) groups excluding carboxylic acids is 1. The molecule has 0 unspecified atom stereocenters. The van der Waals surface area contributed by atoms with Crippen LogP contribution in [0.25, 0.3) is 0 Å². The van der Waals surface area contributed by atoms with Crippen molar-refractivity contribution >= 4 is 40.8 Å². The first-order valence-electron chi connectivity index (χ1n) is 11.5. The zero-order valence-electron chi connectivity index (χ0n) is 19.0. The van der Waals surface area contributed by atoms with Crippen LogP contribution < -0.4 is 10.1 Å². The molecule has 1 aromatic heterocycles. The monoisotopic (exact) mass is 512 g/mol. The molecule has 1 atom stereocenters. The van der Waals surface area contributed by atoms with E-state index in [2.05, 4.69) is 10.3 Å². The van der Waals surface area contributed by atoms with Gasteiger partial charge in [0.2, 0.25) is 0 Å². The van der Waals surface area contributed by atoms with Crippen molar-refractivity contribution in [3.05, 3.63) is 88.0 Å². The number of pyridine rings is 1. The number of carboxylic acid groups (broad SMARTS) is 1. The number of carbonyl (C=O) groups is 2. The van der Waals surface area contributed by atoms with Crippen molar-refractivity contribution in [3.8, 4) is 5.75 Å². The number of anilines is 1. The first-order chi connectivity index (χ1) is 16.9. The number of benzene rings is 2. The van der Waals surface area contributed by atoms with E-state index in [1.54, 1.807) is 24.4 Å². The quantitative estimate of drug-likeness (QED) is 0.298. The van der Waals surface area contributed by atoms with Gasteiger partial charge in [-0.25, -0.2) is 4.98 Å². The van der Waals surface area contributed by atoms with Crippen LogP contribution in [0.4, 0.5) is 5.82 Å². The molecular weight excluding hydrogens is 487 g/mol. The molecule has 1 heterocycles. The molecule has 1 fully saturated rings. The van der Waals surface area contributed by atoms with Crippen LogP contribution in [0.5, 0.6) is 5.75 Å². The minimum Gasteiger partial charge on any atom is -0.493 e. The van der Waals surface area contributed by atoms with E-state index in [1.807, 2.05) is 42.5 Å². The first kappa shape index (κ1) is 25.0. The lowest BCUT2D eigenvalue weighted by atomic mass is 9.81. The number of nitrogens with zero attached hydrogens (tertiary/aromatic N) is 1. The summed E-state index contributed by atoms with van der Waals surface area (Å²) in [6.07, 6.45) is 3.85. The van der Waals surface area contributed by atoms with Crippen molar-refractivity contribution in [1.29, 1.82) is 0 Å². The number of carboxylic acids is 1. The Hall–Kier alpha value is -3.09. The van der Waals surface area contributed by atoms with Gasteiger partial charge >= 0.3 is 5.97 Å². The van der Waals surface area contributed by atoms with E-state index in [1.165, 1.54) is 0 Å². The SMILES string of the molecule is O=C(C[C@@H](Cc1ccc(OCC2CC(Nc3ccccn3)C2)cc1)C(=O)O)c1c(Cl)cccc1Cl. The highest BCUT2D eigenvalue weighted by molar-refractivity contribution is 6.39. The summed E-state index contributed by atoms with van der Waals surface area (Å²) >= 11 is 12.2. The van der Waals surface area contributed by atoms with Gasteiger partial charge < -0.3 is 15.2 Å². The number of hydrogen-bond acceptors (Lipinski definition) is 5. The van der Waals surface area contributed by atoms with Gasteiger partial charge in [-0.15, -0.1) is 0 Å². The lowest BCUT2D eigenvalue weighted by Gasteiger charge is -2.35. The van der Waals surface area contributed by atoms with Crippen molar-refractivity contribution in [2.45, 2.75) is 31.7 Å². The second-order valence-electron chi connectivity index (χ2n) is 8.81. The van der Waals surface area contributed by atoms with Gasteiger partial charge in [-0.2, -0.15) is 0 Å². The third kappa shape index (κ3) is 6.74. The van der Waals surface area contributed by atoms with Crippen LogP contribution >= 0.6 is 23.2 Å². The van der Waals surface area contributed by atoms with E-state index in [9.17, 15) is 14.7 Å².